The Kier molecular flexibility index (Phi) is 5.12. The maximum absolute atomic E-state index is 11.3. The number of nitrogens with zero attached hydrogens (tertiary/aromatic N) is 4. The standard InChI is InChI=1S/C16H20N6O3/c1-3-10-24-12-7-5-4-6-11(12)14-19-20-15(25-14)17-9-8-13-18-21-16(23)22(13)2/h4-7H,3,8-10H2,1-2H3,(H,17,20)(H,21,23). The van der Waals surface area contributed by atoms with Crippen LogP contribution in [-0.2, 0) is 13.5 Å². The van der Waals surface area contributed by atoms with E-state index in [4.69, 9.17) is 9.15 Å². The molecule has 0 unspecified atom stereocenters. The zero-order valence-electron chi connectivity index (χ0n) is 14.2. The predicted octanol–water partition coefficient (Wildman–Crippen LogP) is 1.60. The lowest BCUT2D eigenvalue weighted by molar-refractivity contribution is 0.318. The van der Waals surface area contributed by atoms with Gasteiger partial charge in [-0.3, -0.25) is 4.57 Å². The molecule has 2 N–H and O–H groups in total. The smallest absolute Gasteiger partial charge is 0.343 e. The first kappa shape index (κ1) is 16.7. The highest BCUT2D eigenvalue weighted by atomic mass is 16.5. The SMILES string of the molecule is CCCOc1ccccc1-c1nnc(NCCc2n[nH]c(=O)n2C)o1. The van der Waals surface area contributed by atoms with Crippen molar-refractivity contribution in [3.05, 3.63) is 40.6 Å². The molecule has 0 atom stereocenters. The number of ether oxygens (including phenoxy) is 1. The molecule has 9 heteroatoms. The summed E-state index contributed by atoms with van der Waals surface area (Å²) in [4.78, 5) is 11.3. The summed E-state index contributed by atoms with van der Waals surface area (Å²) < 4.78 is 12.8. The average molecular weight is 344 g/mol. The van der Waals surface area contributed by atoms with E-state index in [2.05, 4.69) is 25.7 Å². The molecule has 1 aromatic carbocycles. The normalized spacial score (nSPS) is 10.8. The molecule has 0 saturated heterocycles. The molecular weight excluding hydrogens is 324 g/mol. The molecule has 0 amide bonds. The molecule has 0 bridgehead atoms. The van der Waals surface area contributed by atoms with Crippen molar-refractivity contribution in [2.24, 2.45) is 7.05 Å². The summed E-state index contributed by atoms with van der Waals surface area (Å²) in [5, 5.41) is 17.4. The molecule has 9 nitrogen and oxygen atoms in total. The summed E-state index contributed by atoms with van der Waals surface area (Å²) in [6, 6.07) is 7.85. The molecule has 3 rings (SSSR count). The van der Waals surface area contributed by atoms with Gasteiger partial charge in [-0.05, 0) is 18.6 Å². The highest BCUT2D eigenvalue weighted by Gasteiger charge is 2.13. The van der Waals surface area contributed by atoms with Crippen molar-refractivity contribution in [3.63, 3.8) is 0 Å². The molecule has 0 aliphatic rings. The summed E-state index contributed by atoms with van der Waals surface area (Å²) >= 11 is 0. The molecule has 25 heavy (non-hydrogen) atoms. The number of nitrogens with one attached hydrogen (secondary N) is 2. The third-order valence-corrected chi connectivity index (χ3v) is 3.60. The Balaban J connectivity index is 1.64. The topological polar surface area (TPSA) is 111 Å². The minimum Gasteiger partial charge on any atom is -0.493 e. The number of aromatic amines is 1. The summed E-state index contributed by atoms with van der Waals surface area (Å²) in [5.74, 6) is 1.75. The Bertz CT molecular complexity index is 882. The van der Waals surface area contributed by atoms with Crippen LogP contribution in [0.5, 0.6) is 5.75 Å². The van der Waals surface area contributed by atoms with Crippen molar-refractivity contribution in [2.45, 2.75) is 19.8 Å². The van der Waals surface area contributed by atoms with E-state index < -0.39 is 0 Å². The van der Waals surface area contributed by atoms with Gasteiger partial charge in [-0.1, -0.05) is 24.2 Å². The summed E-state index contributed by atoms with van der Waals surface area (Å²) in [6.45, 7) is 3.18. The van der Waals surface area contributed by atoms with Crippen LogP contribution in [0, 0.1) is 0 Å². The highest BCUT2D eigenvalue weighted by Crippen LogP contribution is 2.29. The molecular formula is C16H20N6O3. The Morgan fingerprint density at radius 2 is 2.16 bits per heavy atom. The Labute approximate surface area is 144 Å². The van der Waals surface area contributed by atoms with Gasteiger partial charge in [0.15, 0.2) is 0 Å². The van der Waals surface area contributed by atoms with E-state index in [1.807, 2.05) is 31.2 Å². The lowest BCUT2D eigenvalue weighted by Crippen LogP contribution is -2.16. The minimum atomic E-state index is -0.237. The number of hydrogen-bond acceptors (Lipinski definition) is 7. The molecule has 0 aliphatic heterocycles. The van der Waals surface area contributed by atoms with Gasteiger partial charge in [-0.2, -0.15) is 5.10 Å². The fourth-order valence-electron chi connectivity index (χ4n) is 2.27. The van der Waals surface area contributed by atoms with Crippen molar-refractivity contribution >= 4 is 6.01 Å². The average Bonchev–Trinajstić information content (AvgIpc) is 3.22. The number of hydrogen-bond donors (Lipinski definition) is 2. The van der Waals surface area contributed by atoms with Crippen molar-refractivity contribution < 1.29 is 9.15 Å². The van der Waals surface area contributed by atoms with E-state index >= 15 is 0 Å². The Morgan fingerprint density at radius 1 is 1.32 bits per heavy atom. The highest BCUT2D eigenvalue weighted by molar-refractivity contribution is 5.62. The monoisotopic (exact) mass is 344 g/mol. The van der Waals surface area contributed by atoms with Gasteiger partial charge in [0, 0.05) is 20.0 Å². The molecule has 0 radical (unpaired) electrons. The molecule has 3 aromatic rings. The number of H-pyrrole nitrogens is 1. The van der Waals surface area contributed by atoms with Crippen LogP contribution in [0.15, 0.2) is 33.5 Å². The van der Waals surface area contributed by atoms with Gasteiger partial charge in [0.05, 0.1) is 12.2 Å². The van der Waals surface area contributed by atoms with Crippen molar-refractivity contribution in [1.29, 1.82) is 0 Å². The second-order valence-corrected chi connectivity index (χ2v) is 5.44. The number of anilines is 1. The van der Waals surface area contributed by atoms with Gasteiger partial charge >= 0.3 is 11.7 Å². The molecule has 0 aliphatic carbocycles. The second kappa shape index (κ2) is 7.65. The van der Waals surface area contributed by atoms with Gasteiger partial charge in [-0.15, -0.1) is 5.10 Å². The van der Waals surface area contributed by atoms with E-state index in [9.17, 15) is 4.79 Å². The molecule has 132 valence electrons. The first-order valence-corrected chi connectivity index (χ1v) is 8.09. The summed E-state index contributed by atoms with van der Waals surface area (Å²) in [5.41, 5.74) is 0.518. The second-order valence-electron chi connectivity index (χ2n) is 5.44. The minimum absolute atomic E-state index is 0.237. The van der Waals surface area contributed by atoms with Crippen molar-refractivity contribution in [1.82, 2.24) is 25.0 Å². The van der Waals surface area contributed by atoms with E-state index in [0.717, 1.165) is 12.0 Å². The molecule has 0 spiro atoms. The molecule has 0 fully saturated rings. The lowest BCUT2D eigenvalue weighted by Gasteiger charge is -2.07. The van der Waals surface area contributed by atoms with E-state index in [0.29, 0.717) is 43.1 Å². The summed E-state index contributed by atoms with van der Waals surface area (Å²) in [6.07, 6.45) is 1.46. The van der Waals surface area contributed by atoms with E-state index in [1.165, 1.54) is 4.57 Å². The van der Waals surface area contributed by atoms with Gasteiger partial charge in [-0.25, -0.2) is 9.89 Å². The fraction of sp³-hybridized carbons (Fsp3) is 0.375. The van der Waals surface area contributed by atoms with Crippen LogP contribution in [0.4, 0.5) is 6.01 Å². The van der Waals surface area contributed by atoms with Crippen molar-refractivity contribution in [3.8, 4) is 17.2 Å². The van der Waals surface area contributed by atoms with Crippen LogP contribution in [0.2, 0.25) is 0 Å². The largest absolute Gasteiger partial charge is 0.493 e. The Morgan fingerprint density at radius 3 is 2.92 bits per heavy atom. The van der Waals surface area contributed by atoms with E-state index in [1.54, 1.807) is 7.05 Å². The maximum atomic E-state index is 11.3. The Hall–Kier alpha value is -3.10. The zero-order chi connectivity index (χ0) is 17.6. The van der Waals surface area contributed by atoms with Crippen LogP contribution >= 0.6 is 0 Å². The van der Waals surface area contributed by atoms with Gasteiger partial charge in [0.1, 0.15) is 11.6 Å². The van der Waals surface area contributed by atoms with Crippen LogP contribution < -0.4 is 15.7 Å². The van der Waals surface area contributed by atoms with Crippen LogP contribution in [0.1, 0.15) is 19.2 Å². The van der Waals surface area contributed by atoms with Crippen molar-refractivity contribution in [2.75, 3.05) is 18.5 Å². The van der Waals surface area contributed by atoms with Crippen LogP contribution in [-0.4, -0.2) is 38.1 Å². The van der Waals surface area contributed by atoms with Gasteiger partial charge < -0.3 is 14.5 Å². The van der Waals surface area contributed by atoms with Crippen LogP contribution in [0.25, 0.3) is 11.5 Å². The molecule has 0 saturated carbocycles. The number of benzene rings is 1. The van der Waals surface area contributed by atoms with Crippen LogP contribution in [0.3, 0.4) is 0 Å². The van der Waals surface area contributed by atoms with E-state index in [-0.39, 0.29) is 5.69 Å². The quantitative estimate of drug-likeness (QED) is 0.638. The predicted molar refractivity (Wildman–Crippen MR) is 91.5 cm³/mol. The molecule has 2 aromatic heterocycles. The van der Waals surface area contributed by atoms with Gasteiger partial charge in [0.2, 0.25) is 0 Å². The maximum Gasteiger partial charge on any atom is 0.343 e. The number of aromatic nitrogens is 5. The molecule has 2 heterocycles. The first-order chi connectivity index (χ1) is 12.2. The summed E-state index contributed by atoms with van der Waals surface area (Å²) in [7, 11) is 1.67. The third kappa shape index (κ3) is 3.87. The fourth-order valence-corrected chi connectivity index (χ4v) is 2.27. The lowest BCUT2D eigenvalue weighted by atomic mass is 10.2. The van der Waals surface area contributed by atoms with Gasteiger partial charge in [0.25, 0.3) is 5.89 Å². The third-order valence-electron chi connectivity index (χ3n) is 3.60. The number of para-hydroxylation sites is 1. The first-order valence-electron chi connectivity index (χ1n) is 8.09. The zero-order valence-corrected chi connectivity index (χ0v) is 14.2. The number of rotatable bonds is 8.